The van der Waals surface area contributed by atoms with E-state index in [4.69, 9.17) is 14.5 Å². The predicted molar refractivity (Wildman–Crippen MR) is 137 cm³/mol. The van der Waals surface area contributed by atoms with E-state index in [1.54, 1.807) is 12.0 Å². The van der Waals surface area contributed by atoms with E-state index in [1.165, 1.54) is 7.11 Å². The highest BCUT2D eigenvalue weighted by Gasteiger charge is 2.35. The van der Waals surface area contributed by atoms with Gasteiger partial charge in [-0.15, -0.1) is 0 Å². The summed E-state index contributed by atoms with van der Waals surface area (Å²) < 4.78 is 13.1. The molecule has 1 amide bonds. The highest BCUT2D eigenvalue weighted by molar-refractivity contribution is 5.95. The highest BCUT2D eigenvalue weighted by atomic mass is 16.5. The van der Waals surface area contributed by atoms with Crippen LogP contribution >= 0.6 is 0 Å². The number of aliphatic carboxylic acids is 1. The molecule has 196 valence electrons. The van der Waals surface area contributed by atoms with Crippen molar-refractivity contribution in [1.82, 2.24) is 9.55 Å². The van der Waals surface area contributed by atoms with Crippen molar-refractivity contribution in [1.29, 1.82) is 0 Å². The second-order valence-electron chi connectivity index (χ2n) is 11.0. The number of imidazole rings is 1. The first-order valence-corrected chi connectivity index (χ1v) is 13.6. The number of carboxylic acids is 1. The van der Waals surface area contributed by atoms with Crippen molar-refractivity contribution in [3.63, 3.8) is 0 Å². The van der Waals surface area contributed by atoms with Crippen molar-refractivity contribution < 1.29 is 24.2 Å². The Labute approximate surface area is 213 Å². The Morgan fingerprint density at radius 1 is 1.08 bits per heavy atom. The van der Waals surface area contributed by atoms with Crippen molar-refractivity contribution in [3.05, 3.63) is 23.5 Å². The SMILES string of the molecule is COC(=O)N1c2ccc3c(nc(CC4CCC(OC)CC4)n3[C@@H]3CCC[C@@H](C(=O)O)C3)c2CCC1C. The van der Waals surface area contributed by atoms with Crippen molar-refractivity contribution in [3.8, 4) is 0 Å². The molecular weight excluding hydrogens is 458 g/mol. The lowest BCUT2D eigenvalue weighted by Crippen LogP contribution is -2.42. The standard InChI is InChI=1S/C28H39N3O5/c1-17-7-12-22-23(30(17)28(34)36-3)13-14-24-26(22)29-25(15-18-8-10-21(35-2)11-9-18)31(24)20-6-4-5-19(16-20)27(32)33/h13-14,17-21H,4-12,15-16H2,1-3H3,(H,32,33)/t17?,18?,19-,20-,21?/m1/s1. The molecule has 8 heteroatoms. The van der Waals surface area contributed by atoms with Crippen LogP contribution in [0.4, 0.5) is 10.5 Å². The first-order valence-electron chi connectivity index (χ1n) is 13.6. The van der Waals surface area contributed by atoms with Gasteiger partial charge < -0.3 is 19.1 Å². The van der Waals surface area contributed by atoms with Gasteiger partial charge in [-0.25, -0.2) is 9.78 Å². The fourth-order valence-electron chi connectivity index (χ4n) is 6.83. The van der Waals surface area contributed by atoms with E-state index in [9.17, 15) is 14.7 Å². The smallest absolute Gasteiger partial charge is 0.414 e. The lowest BCUT2D eigenvalue weighted by Gasteiger charge is -2.34. The summed E-state index contributed by atoms with van der Waals surface area (Å²) >= 11 is 0. The summed E-state index contributed by atoms with van der Waals surface area (Å²) in [6.07, 6.45) is 10.3. The second kappa shape index (κ2) is 10.4. The number of fused-ring (bicyclic) bond motifs is 3. The maximum atomic E-state index is 12.6. The minimum absolute atomic E-state index is 0.0644. The van der Waals surface area contributed by atoms with Crippen LogP contribution in [0.2, 0.25) is 0 Å². The maximum absolute atomic E-state index is 12.6. The molecule has 2 fully saturated rings. The van der Waals surface area contributed by atoms with Crippen LogP contribution in [0.3, 0.4) is 0 Å². The molecule has 3 aliphatic rings. The molecule has 2 aliphatic carbocycles. The molecule has 2 aromatic rings. The van der Waals surface area contributed by atoms with Gasteiger partial charge in [0.1, 0.15) is 5.82 Å². The van der Waals surface area contributed by atoms with Crippen LogP contribution in [0.5, 0.6) is 0 Å². The van der Waals surface area contributed by atoms with E-state index in [-0.39, 0.29) is 24.1 Å². The Bertz CT molecular complexity index is 1120. The number of benzene rings is 1. The van der Waals surface area contributed by atoms with Crippen LogP contribution in [0, 0.1) is 11.8 Å². The van der Waals surface area contributed by atoms with Gasteiger partial charge in [-0.2, -0.15) is 0 Å². The van der Waals surface area contributed by atoms with E-state index < -0.39 is 5.97 Å². The van der Waals surface area contributed by atoms with Gasteiger partial charge in [0.05, 0.1) is 35.9 Å². The average molecular weight is 498 g/mol. The molecule has 1 unspecified atom stereocenters. The summed E-state index contributed by atoms with van der Waals surface area (Å²) in [7, 11) is 3.23. The first kappa shape index (κ1) is 25.1. The van der Waals surface area contributed by atoms with E-state index in [1.807, 2.05) is 6.07 Å². The van der Waals surface area contributed by atoms with Crippen molar-refractivity contribution in [2.24, 2.45) is 11.8 Å². The van der Waals surface area contributed by atoms with E-state index in [2.05, 4.69) is 17.6 Å². The Kier molecular flexibility index (Phi) is 7.24. The van der Waals surface area contributed by atoms with E-state index in [0.29, 0.717) is 18.4 Å². The van der Waals surface area contributed by atoms with Crippen LogP contribution in [-0.4, -0.2) is 53.1 Å². The molecule has 1 aromatic carbocycles. The van der Waals surface area contributed by atoms with Gasteiger partial charge in [0.15, 0.2) is 0 Å². The molecule has 1 N–H and O–H groups in total. The number of aryl methyl sites for hydroxylation is 1. The Morgan fingerprint density at radius 2 is 1.86 bits per heavy atom. The van der Waals surface area contributed by atoms with Crippen LogP contribution in [0.25, 0.3) is 11.0 Å². The molecule has 3 atom stereocenters. The largest absolute Gasteiger partial charge is 0.481 e. The molecular formula is C28H39N3O5. The minimum Gasteiger partial charge on any atom is -0.481 e. The Balaban J connectivity index is 1.56. The van der Waals surface area contributed by atoms with Crippen LogP contribution in [-0.2, 0) is 27.1 Å². The van der Waals surface area contributed by atoms with Gasteiger partial charge in [0.25, 0.3) is 0 Å². The van der Waals surface area contributed by atoms with Crippen molar-refractivity contribution >= 4 is 28.8 Å². The molecule has 2 heterocycles. The molecule has 0 radical (unpaired) electrons. The lowest BCUT2D eigenvalue weighted by atomic mass is 9.84. The summed E-state index contributed by atoms with van der Waals surface area (Å²) in [4.78, 5) is 31.5. The molecule has 0 bridgehead atoms. The molecule has 2 saturated carbocycles. The molecule has 0 saturated heterocycles. The maximum Gasteiger partial charge on any atom is 0.414 e. The first-order chi connectivity index (χ1) is 17.4. The minimum atomic E-state index is -0.691. The quantitative estimate of drug-likeness (QED) is 0.586. The second-order valence-corrected chi connectivity index (χ2v) is 11.0. The normalized spacial score (nSPS) is 28.6. The summed E-state index contributed by atoms with van der Waals surface area (Å²) in [5, 5.41) is 9.75. The fourth-order valence-corrected chi connectivity index (χ4v) is 6.83. The third kappa shape index (κ3) is 4.60. The number of ether oxygens (including phenoxy) is 2. The lowest BCUT2D eigenvalue weighted by molar-refractivity contribution is -0.143. The molecule has 0 spiro atoms. The third-order valence-electron chi connectivity index (χ3n) is 8.86. The van der Waals surface area contributed by atoms with Crippen LogP contribution < -0.4 is 4.90 Å². The number of hydrogen-bond donors (Lipinski definition) is 1. The molecule has 1 aliphatic heterocycles. The Morgan fingerprint density at radius 3 is 2.56 bits per heavy atom. The number of carbonyl (C=O) groups is 2. The van der Waals surface area contributed by atoms with Crippen molar-refractivity contribution in [2.75, 3.05) is 19.1 Å². The van der Waals surface area contributed by atoms with Crippen LogP contribution in [0.15, 0.2) is 12.1 Å². The monoisotopic (exact) mass is 497 g/mol. The number of amides is 1. The number of rotatable bonds is 5. The topological polar surface area (TPSA) is 93.9 Å². The molecule has 5 rings (SSSR count). The highest BCUT2D eigenvalue weighted by Crippen LogP contribution is 2.41. The summed E-state index contributed by atoms with van der Waals surface area (Å²) in [5.41, 5.74) is 4.03. The van der Waals surface area contributed by atoms with Gasteiger partial charge in [-0.3, -0.25) is 9.69 Å². The van der Waals surface area contributed by atoms with Crippen molar-refractivity contribution in [2.45, 2.75) is 95.7 Å². The number of aromatic nitrogens is 2. The summed E-state index contributed by atoms with van der Waals surface area (Å²) in [6, 6.07) is 4.32. The molecule has 8 nitrogen and oxygen atoms in total. The predicted octanol–water partition coefficient (Wildman–Crippen LogP) is 5.51. The van der Waals surface area contributed by atoms with Gasteiger partial charge in [-0.05, 0) is 82.8 Å². The van der Waals surface area contributed by atoms with E-state index in [0.717, 1.165) is 92.3 Å². The summed E-state index contributed by atoms with van der Waals surface area (Å²) in [6.45, 7) is 2.05. The number of anilines is 1. The Hall–Kier alpha value is -2.61. The summed E-state index contributed by atoms with van der Waals surface area (Å²) in [5.74, 6) is 0.620. The molecule has 36 heavy (non-hydrogen) atoms. The number of methoxy groups -OCH3 is 2. The van der Waals surface area contributed by atoms with Gasteiger partial charge in [0, 0.05) is 31.2 Å². The number of nitrogens with zero attached hydrogens (tertiary/aromatic N) is 3. The van der Waals surface area contributed by atoms with Gasteiger partial charge in [0.2, 0.25) is 0 Å². The third-order valence-corrected chi connectivity index (χ3v) is 8.86. The van der Waals surface area contributed by atoms with Crippen LogP contribution in [0.1, 0.15) is 82.1 Å². The zero-order chi connectivity index (χ0) is 25.4. The number of hydrogen-bond acceptors (Lipinski definition) is 5. The number of carboxylic acid groups (broad SMARTS) is 1. The number of carbonyl (C=O) groups excluding carboxylic acids is 1. The van der Waals surface area contributed by atoms with Gasteiger partial charge in [-0.1, -0.05) is 6.42 Å². The fraction of sp³-hybridized carbons (Fsp3) is 0.679. The average Bonchev–Trinajstić information content (AvgIpc) is 3.26. The zero-order valence-electron chi connectivity index (χ0n) is 21.7. The zero-order valence-corrected chi connectivity index (χ0v) is 21.7. The molecule has 1 aromatic heterocycles. The van der Waals surface area contributed by atoms with Gasteiger partial charge >= 0.3 is 12.1 Å². The van der Waals surface area contributed by atoms with E-state index >= 15 is 0 Å².